The minimum atomic E-state index is -1.09. The smallest absolute Gasteiger partial charge is 0.324 e. The Balaban J connectivity index is 4.65. The third kappa shape index (κ3) is 7.09. The predicted octanol–water partition coefficient (Wildman–Crippen LogP) is 2.93. The summed E-state index contributed by atoms with van der Waals surface area (Å²) in [6.07, 6.45) is 8.85. The first-order valence-corrected chi connectivity index (χ1v) is 7.46. The average Bonchev–Trinajstić information content (AvgIpc) is 2.42. The second-order valence-corrected chi connectivity index (χ2v) is 5.04. The fourth-order valence-electron chi connectivity index (χ4n) is 2.28. The Hall–Kier alpha value is -1.62. The maximum Gasteiger partial charge on any atom is 0.324 e. The average molecular weight is 297 g/mol. The van der Waals surface area contributed by atoms with Gasteiger partial charge in [-0.15, -0.1) is 13.2 Å². The van der Waals surface area contributed by atoms with Gasteiger partial charge >= 0.3 is 11.9 Å². The van der Waals surface area contributed by atoms with E-state index in [0.29, 0.717) is 6.54 Å². The van der Waals surface area contributed by atoms with Crippen LogP contribution in [-0.4, -0.2) is 45.7 Å². The Kier molecular flexibility index (Phi) is 10.2. The molecule has 0 rings (SSSR count). The number of nitrogens with zero attached hydrogens (tertiary/aromatic N) is 1. The van der Waals surface area contributed by atoms with Crippen LogP contribution in [0.4, 0.5) is 0 Å². The highest BCUT2D eigenvalue weighted by molar-refractivity contribution is 5.80. The zero-order chi connectivity index (χ0) is 16.3. The van der Waals surface area contributed by atoms with Crippen LogP contribution in [0.1, 0.15) is 45.4 Å². The van der Waals surface area contributed by atoms with Crippen molar-refractivity contribution in [2.45, 2.75) is 57.5 Å². The van der Waals surface area contributed by atoms with Gasteiger partial charge in [0.15, 0.2) is 0 Å². The van der Waals surface area contributed by atoms with Crippen LogP contribution >= 0.6 is 0 Å². The van der Waals surface area contributed by atoms with Crippen molar-refractivity contribution < 1.29 is 19.8 Å². The summed E-state index contributed by atoms with van der Waals surface area (Å²) in [7, 11) is 0. The summed E-state index contributed by atoms with van der Waals surface area (Å²) in [6.45, 7) is 9.54. The van der Waals surface area contributed by atoms with Crippen LogP contribution in [-0.2, 0) is 9.59 Å². The normalized spacial score (nSPS) is 13.6. The first-order chi connectivity index (χ1) is 9.99. The quantitative estimate of drug-likeness (QED) is 0.404. The van der Waals surface area contributed by atoms with Crippen molar-refractivity contribution in [1.29, 1.82) is 0 Å². The molecule has 0 aromatic heterocycles. The highest BCUT2D eigenvalue weighted by atomic mass is 16.4. The molecule has 0 radical (unpaired) electrons. The van der Waals surface area contributed by atoms with Crippen LogP contribution in [0, 0.1) is 0 Å². The lowest BCUT2D eigenvalue weighted by molar-refractivity contribution is -0.147. The maximum absolute atomic E-state index is 11.2. The van der Waals surface area contributed by atoms with E-state index in [0.717, 1.165) is 25.7 Å². The van der Waals surface area contributed by atoms with E-state index in [-0.39, 0.29) is 0 Å². The van der Waals surface area contributed by atoms with Crippen LogP contribution < -0.4 is 0 Å². The fourth-order valence-corrected chi connectivity index (χ4v) is 2.28. The summed E-state index contributed by atoms with van der Waals surface area (Å²) in [5, 5.41) is 18.4. The monoisotopic (exact) mass is 297 g/mol. The van der Waals surface area contributed by atoms with Gasteiger partial charge in [0.25, 0.3) is 0 Å². The second kappa shape index (κ2) is 11.1. The van der Waals surface area contributed by atoms with Crippen LogP contribution in [0.25, 0.3) is 0 Å². The molecule has 0 fully saturated rings. The molecule has 2 atom stereocenters. The Morgan fingerprint density at radius 3 is 1.76 bits per heavy atom. The zero-order valence-corrected chi connectivity index (χ0v) is 12.8. The van der Waals surface area contributed by atoms with Crippen LogP contribution in [0.5, 0.6) is 0 Å². The molecule has 120 valence electrons. The first-order valence-electron chi connectivity index (χ1n) is 7.46. The molecule has 2 unspecified atom stereocenters. The molecule has 21 heavy (non-hydrogen) atoms. The number of carbonyl (C=O) groups is 2. The van der Waals surface area contributed by atoms with Gasteiger partial charge in [-0.25, -0.2) is 0 Å². The molecule has 2 N–H and O–H groups in total. The lowest BCUT2D eigenvalue weighted by Gasteiger charge is -2.30. The number of carboxylic acids is 2. The molecule has 0 saturated heterocycles. The van der Waals surface area contributed by atoms with E-state index in [1.807, 2.05) is 0 Å². The summed E-state index contributed by atoms with van der Waals surface area (Å²) in [5.41, 5.74) is 0. The Morgan fingerprint density at radius 2 is 1.38 bits per heavy atom. The number of rotatable bonds is 13. The maximum atomic E-state index is 11.2. The largest absolute Gasteiger partial charge is 0.480 e. The van der Waals surface area contributed by atoms with Crippen molar-refractivity contribution >= 4 is 11.9 Å². The topological polar surface area (TPSA) is 77.8 Å². The highest BCUT2D eigenvalue weighted by Gasteiger charge is 2.31. The SMILES string of the molecule is C=CC(C(=O)O)N(CCCCCCCC)C(C=C)C(=O)O. The minimum Gasteiger partial charge on any atom is -0.480 e. The van der Waals surface area contributed by atoms with Gasteiger partial charge in [0.1, 0.15) is 12.1 Å². The number of carboxylic acid groups (broad SMARTS) is 2. The molecule has 5 heteroatoms. The lowest BCUT2D eigenvalue weighted by atomic mass is 10.1. The molecule has 0 aliphatic carbocycles. The van der Waals surface area contributed by atoms with E-state index < -0.39 is 24.0 Å². The van der Waals surface area contributed by atoms with Crippen LogP contribution in [0.2, 0.25) is 0 Å². The molecule has 0 amide bonds. The fraction of sp³-hybridized carbons (Fsp3) is 0.625. The Labute approximate surface area is 127 Å². The van der Waals surface area contributed by atoms with Gasteiger partial charge in [-0.2, -0.15) is 0 Å². The molecule has 0 spiro atoms. The van der Waals surface area contributed by atoms with Gasteiger partial charge in [-0.3, -0.25) is 14.5 Å². The number of aliphatic carboxylic acids is 2. The Bertz CT molecular complexity index is 328. The molecule has 0 aromatic carbocycles. The van der Waals surface area contributed by atoms with E-state index >= 15 is 0 Å². The van der Waals surface area contributed by atoms with E-state index in [1.165, 1.54) is 29.9 Å². The number of hydrogen-bond donors (Lipinski definition) is 2. The molecule has 0 heterocycles. The molecule has 0 bridgehead atoms. The van der Waals surface area contributed by atoms with Crippen molar-refractivity contribution in [3.8, 4) is 0 Å². The van der Waals surface area contributed by atoms with Gasteiger partial charge < -0.3 is 10.2 Å². The van der Waals surface area contributed by atoms with Crippen molar-refractivity contribution in [1.82, 2.24) is 4.90 Å². The minimum absolute atomic E-state index is 0.401. The molecule has 0 aliphatic heterocycles. The van der Waals surface area contributed by atoms with E-state index in [9.17, 15) is 19.8 Å². The number of hydrogen-bond acceptors (Lipinski definition) is 3. The third-order valence-corrected chi connectivity index (χ3v) is 3.44. The van der Waals surface area contributed by atoms with Crippen LogP contribution in [0.3, 0.4) is 0 Å². The molecular weight excluding hydrogens is 270 g/mol. The summed E-state index contributed by atoms with van der Waals surface area (Å²) in [6, 6.07) is -2.03. The van der Waals surface area contributed by atoms with Gasteiger partial charge in [-0.1, -0.05) is 51.2 Å². The molecular formula is C16H27NO4. The van der Waals surface area contributed by atoms with E-state index in [4.69, 9.17) is 0 Å². The van der Waals surface area contributed by atoms with Gasteiger partial charge in [0.05, 0.1) is 0 Å². The first kappa shape index (κ1) is 19.4. The lowest BCUT2D eigenvalue weighted by Crippen LogP contribution is -2.49. The molecule has 0 aliphatic rings. The van der Waals surface area contributed by atoms with Crippen molar-refractivity contribution in [3.05, 3.63) is 25.3 Å². The van der Waals surface area contributed by atoms with Crippen molar-refractivity contribution in [2.75, 3.05) is 6.54 Å². The summed E-state index contributed by atoms with van der Waals surface area (Å²) >= 11 is 0. The molecule has 0 saturated carbocycles. The molecule has 5 nitrogen and oxygen atoms in total. The standard InChI is InChI=1S/C16H27NO4/c1-4-7-8-9-10-11-12-17(13(5-2)15(18)19)14(6-3)16(20)21/h5-6,13-14H,2-4,7-12H2,1H3,(H,18,19)(H,20,21). The van der Waals surface area contributed by atoms with Gasteiger partial charge in [0, 0.05) is 6.54 Å². The summed E-state index contributed by atoms with van der Waals surface area (Å²) in [5.74, 6) is -2.19. The highest BCUT2D eigenvalue weighted by Crippen LogP contribution is 2.13. The zero-order valence-electron chi connectivity index (χ0n) is 12.8. The van der Waals surface area contributed by atoms with Crippen molar-refractivity contribution in [2.24, 2.45) is 0 Å². The molecule has 0 aromatic rings. The van der Waals surface area contributed by atoms with E-state index in [2.05, 4.69) is 20.1 Å². The van der Waals surface area contributed by atoms with Gasteiger partial charge in [-0.05, 0) is 6.42 Å². The third-order valence-electron chi connectivity index (χ3n) is 3.44. The van der Waals surface area contributed by atoms with Crippen LogP contribution in [0.15, 0.2) is 25.3 Å². The predicted molar refractivity (Wildman–Crippen MR) is 83.3 cm³/mol. The van der Waals surface area contributed by atoms with E-state index in [1.54, 1.807) is 0 Å². The Morgan fingerprint density at radius 1 is 0.952 bits per heavy atom. The summed E-state index contributed by atoms with van der Waals surface area (Å²) < 4.78 is 0. The van der Waals surface area contributed by atoms with Crippen molar-refractivity contribution in [3.63, 3.8) is 0 Å². The second-order valence-electron chi connectivity index (χ2n) is 5.04. The van der Waals surface area contributed by atoms with Gasteiger partial charge in [0.2, 0.25) is 0 Å². The number of unbranched alkanes of at least 4 members (excludes halogenated alkanes) is 5. The summed E-state index contributed by atoms with van der Waals surface area (Å²) in [4.78, 5) is 23.9.